The number of benzene rings is 1. The second-order valence-electron chi connectivity index (χ2n) is 3.76. The third-order valence-electron chi connectivity index (χ3n) is 2.53. The Morgan fingerprint density at radius 1 is 1.21 bits per heavy atom. The standard InChI is InChI=1S/C12H6BrN3O2S/c13-7-3-6-8(16-12(18)11(6)17)4-9(7)19-10-5-14-1-2-15-10/h1-5H,(H,16,17,18). The zero-order valence-corrected chi connectivity index (χ0v) is 11.8. The lowest BCUT2D eigenvalue weighted by Crippen LogP contribution is -2.12. The van der Waals surface area contributed by atoms with Gasteiger partial charge < -0.3 is 5.32 Å². The Hall–Kier alpha value is -1.73. The Kier molecular flexibility index (Phi) is 3.08. The van der Waals surface area contributed by atoms with E-state index in [1.807, 2.05) is 0 Å². The van der Waals surface area contributed by atoms with Crippen LogP contribution in [0.5, 0.6) is 0 Å². The summed E-state index contributed by atoms with van der Waals surface area (Å²) in [6, 6.07) is 3.40. The van der Waals surface area contributed by atoms with Gasteiger partial charge >= 0.3 is 0 Å². The number of fused-ring (bicyclic) bond motifs is 1. The fraction of sp³-hybridized carbons (Fsp3) is 0. The molecule has 1 aromatic heterocycles. The summed E-state index contributed by atoms with van der Waals surface area (Å²) in [5, 5.41) is 3.28. The predicted molar refractivity (Wildman–Crippen MR) is 73.3 cm³/mol. The van der Waals surface area contributed by atoms with E-state index in [4.69, 9.17) is 0 Å². The van der Waals surface area contributed by atoms with Crippen molar-refractivity contribution in [1.82, 2.24) is 9.97 Å². The van der Waals surface area contributed by atoms with Crippen LogP contribution in [0.1, 0.15) is 10.4 Å². The van der Waals surface area contributed by atoms with Crippen LogP contribution < -0.4 is 5.32 Å². The number of amides is 1. The zero-order chi connectivity index (χ0) is 13.4. The number of nitrogens with one attached hydrogen (secondary N) is 1. The molecule has 0 fully saturated rings. The van der Waals surface area contributed by atoms with E-state index in [1.54, 1.807) is 30.7 Å². The maximum Gasteiger partial charge on any atom is 0.296 e. The van der Waals surface area contributed by atoms with Crippen LogP contribution in [-0.2, 0) is 4.79 Å². The number of hydrogen-bond acceptors (Lipinski definition) is 5. The Balaban J connectivity index is 1.99. The van der Waals surface area contributed by atoms with Gasteiger partial charge in [-0.2, -0.15) is 0 Å². The maximum absolute atomic E-state index is 11.6. The number of hydrogen-bond donors (Lipinski definition) is 1. The summed E-state index contributed by atoms with van der Waals surface area (Å²) in [5.41, 5.74) is 0.921. The maximum atomic E-state index is 11.6. The van der Waals surface area contributed by atoms with E-state index >= 15 is 0 Å². The van der Waals surface area contributed by atoms with Crippen LogP contribution >= 0.6 is 27.7 Å². The average Bonchev–Trinajstić information content (AvgIpc) is 2.67. The topological polar surface area (TPSA) is 72.0 Å². The van der Waals surface area contributed by atoms with Gasteiger partial charge in [0.25, 0.3) is 11.7 Å². The highest BCUT2D eigenvalue weighted by molar-refractivity contribution is 9.10. The SMILES string of the molecule is O=C1Nc2cc(Sc3cnccn3)c(Br)cc2C1=O. The summed E-state index contributed by atoms with van der Waals surface area (Å²) in [4.78, 5) is 31.9. The molecule has 3 rings (SSSR count). The molecule has 0 unspecified atom stereocenters. The molecule has 0 atom stereocenters. The molecule has 2 aromatic rings. The number of halogens is 1. The van der Waals surface area contributed by atoms with Crippen molar-refractivity contribution >= 4 is 45.1 Å². The largest absolute Gasteiger partial charge is 0.318 e. The first-order valence-electron chi connectivity index (χ1n) is 5.28. The van der Waals surface area contributed by atoms with Gasteiger partial charge in [-0.15, -0.1) is 0 Å². The lowest BCUT2D eigenvalue weighted by molar-refractivity contribution is -0.112. The molecule has 5 nitrogen and oxygen atoms in total. The van der Waals surface area contributed by atoms with Gasteiger partial charge in [-0.25, -0.2) is 4.98 Å². The van der Waals surface area contributed by atoms with Gasteiger partial charge in [0.05, 0.1) is 17.4 Å². The van der Waals surface area contributed by atoms with Crippen molar-refractivity contribution in [3.63, 3.8) is 0 Å². The van der Waals surface area contributed by atoms with Gasteiger partial charge in [0.15, 0.2) is 0 Å². The Morgan fingerprint density at radius 3 is 2.79 bits per heavy atom. The molecular weight excluding hydrogens is 330 g/mol. The first-order chi connectivity index (χ1) is 9.15. The summed E-state index contributed by atoms with van der Waals surface area (Å²) in [6.45, 7) is 0. The van der Waals surface area contributed by atoms with Crippen molar-refractivity contribution in [2.45, 2.75) is 9.92 Å². The molecule has 0 aliphatic carbocycles. The third-order valence-corrected chi connectivity index (χ3v) is 4.42. The molecule has 7 heteroatoms. The fourth-order valence-corrected chi connectivity index (χ4v) is 3.05. The summed E-state index contributed by atoms with van der Waals surface area (Å²) < 4.78 is 0.742. The molecule has 0 bridgehead atoms. The smallest absolute Gasteiger partial charge is 0.296 e. The quantitative estimate of drug-likeness (QED) is 0.854. The number of carbonyl (C=O) groups excluding carboxylic acids is 2. The van der Waals surface area contributed by atoms with Crippen LogP contribution in [0, 0.1) is 0 Å². The summed E-state index contributed by atoms with van der Waals surface area (Å²) in [6.07, 6.45) is 4.85. The van der Waals surface area contributed by atoms with Gasteiger partial charge in [-0.3, -0.25) is 14.6 Å². The minimum atomic E-state index is -0.594. The number of Topliss-reactive ketones (excluding diaryl/α,β-unsaturated/α-hetero) is 1. The molecule has 0 spiro atoms. The predicted octanol–water partition coefficient (Wildman–Crippen LogP) is 2.53. The second-order valence-corrected chi connectivity index (χ2v) is 5.67. The molecule has 19 heavy (non-hydrogen) atoms. The van der Waals surface area contributed by atoms with Gasteiger partial charge in [0, 0.05) is 21.8 Å². The van der Waals surface area contributed by atoms with E-state index < -0.39 is 11.7 Å². The van der Waals surface area contributed by atoms with Crippen LogP contribution in [0.2, 0.25) is 0 Å². The Morgan fingerprint density at radius 2 is 2.05 bits per heavy atom. The van der Waals surface area contributed by atoms with Crippen molar-refractivity contribution in [2.24, 2.45) is 0 Å². The number of anilines is 1. The van der Waals surface area contributed by atoms with Crippen molar-refractivity contribution in [2.75, 3.05) is 5.32 Å². The van der Waals surface area contributed by atoms with Crippen LogP contribution in [-0.4, -0.2) is 21.7 Å². The summed E-state index contributed by atoms with van der Waals surface area (Å²) in [5.74, 6) is -1.10. The van der Waals surface area contributed by atoms with E-state index in [9.17, 15) is 9.59 Å². The van der Waals surface area contributed by atoms with Crippen LogP contribution in [0.4, 0.5) is 5.69 Å². The lowest BCUT2D eigenvalue weighted by Gasteiger charge is -2.06. The van der Waals surface area contributed by atoms with Gasteiger partial charge in [0.1, 0.15) is 5.03 Å². The minimum Gasteiger partial charge on any atom is -0.318 e. The normalized spacial score (nSPS) is 13.3. The first kappa shape index (κ1) is 12.3. The molecule has 0 radical (unpaired) electrons. The van der Waals surface area contributed by atoms with Gasteiger partial charge in [-0.05, 0) is 28.1 Å². The zero-order valence-electron chi connectivity index (χ0n) is 9.38. The van der Waals surface area contributed by atoms with Crippen molar-refractivity contribution in [3.05, 3.63) is 40.8 Å². The number of carbonyl (C=O) groups is 2. The second kappa shape index (κ2) is 4.75. The molecular formula is C12H6BrN3O2S. The van der Waals surface area contributed by atoms with Crippen LogP contribution in [0.15, 0.2) is 45.1 Å². The number of ketones is 1. The summed E-state index contributed by atoms with van der Waals surface area (Å²) in [7, 11) is 0. The van der Waals surface area contributed by atoms with E-state index in [2.05, 4.69) is 31.2 Å². The molecule has 0 saturated carbocycles. The van der Waals surface area contributed by atoms with E-state index in [0.717, 1.165) is 14.4 Å². The third kappa shape index (κ3) is 2.26. The average molecular weight is 336 g/mol. The highest BCUT2D eigenvalue weighted by atomic mass is 79.9. The number of rotatable bonds is 2. The molecule has 1 N–H and O–H groups in total. The molecule has 94 valence electrons. The van der Waals surface area contributed by atoms with Crippen LogP contribution in [0.25, 0.3) is 0 Å². The minimum absolute atomic E-state index is 0.389. The first-order valence-corrected chi connectivity index (χ1v) is 6.89. The molecule has 1 amide bonds. The highest BCUT2D eigenvalue weighted by Crippen LogP contribution is 2.37. The number of nitrogens with zero attached hydrogens (tertiary/aromatic N) is 2. The Labute approximate surface area is 121 Å². The Bertz CT molecular complexity index is 691. The van der Waals surface area contributed by atoms with E-state index in [0.29, 0.717) is 11.3 Å². The molecule has 1 aliphatic rings. The molecule has 1 aromatic carbocycles. The van der Waals surface area contributed by atoms with Crippen molar-refractivity contribution < 1.29 is 9.59 Å². The van der Waals surface area contributed by atoms with Gasteiger partial charge in [-0.1, -0.05) is 11.8 Å². The molecule has 2 heterocycles. The van der Waals surface area contributed by atoms with Crippen LogP contribution in [0.3, 0.4) is 0 Å². The van der Waals surface area contributed by atoms with Gasteiger partial charge in [0.2, 0.25) is 0 Å². The van der Waals surface area contributed by atoms with E-state index in [1.165, 1.54) is 11.8 Å². The fourth-order valence-electron chi connectivity index (χ4n) is 1.68. The van der Waals surface area contributed by atoms with E-state index in [-0.39, 0.29) is 0 Å². The monoisotopic (exact) mass is 335 g/mol. The molecule has 1 aliphatic heterocycles. The molecule has 0 saturated heterocycles. The lowest BCUT2D eigenvalue weighted by atomic mass is 10.1. The van der Waals surface area contributed by atoms with Crippen molar-refractivity contribution in [3.8, 4) is 0 Å². The number of aromatic nitrogens is 2. The van der Waals surface area contributed by atoms with Crippen molar-refractivity contribution in [1.29, 1.82) is 0 Å². The summed E-state index contributed by atoms with van der Waals surface area (Å²) >= 11 is 4.79. The highest BCUT2D eigenvalue weighted by Gasteiger charge is 2.29.